The first-order chi connectivity index (χ1) is 13.4. The van der Waals surface area contributed by atoms with Crippen LogP contribution in [0, 0.1) is 11.3 Å². The summed E-state index contributed by atoms with van der Waals surface area (Å²) in [6.07, 6.45) is -3.90. The summed E-state index contributed by atoms with van der Waals surface area (Å²) in [5.74, 6) is -1.85. The molecular formula is C21H12F3N3O. The lowest BCUT2D eigenvalue weighted by molar-refractivity contribution is -0.137. The summed E-state index contributed by atoms with van der Waals surface area (Å²) in [4.78, 5) is 19.5. The largest absolute Gasteiger partial charge is 0.417 e. The molecule has 0 aliphatic heterocycles. The number of pyridine rings is 1. The summed E-state index contributed by atoms with van der Waals surface area (Å²) in [5.41, 5.74) is -0.0137. The summed E-state index contributed by atoms with van der Waals surface area (Å²) in [6, 6.07) is 16.8. The molecule has 1 N–H and O–H groups in total. The molecule has 0 fully saturated rings. The van der Waals surface area contributed by atoms with E-state index in [9.17, 15) is 23.2 Å². The molecule has 4 aromatic rings. The number of halogens is 3. The van der Waals surface area contributed by atoms with Crippen LogP contribution in [0.4, 0.5) is 13.2 Å². The highest BCUT2D eigenvalue weighted by molar-refractivity contribution is 6.11. The van der Waals surface area contributed by atoms with E-state index >= 15 is 0 Å². The second-order valence-electron chi connectivity index (χ2n) is 6.33. The van der Waals surface area contributed by atoms with Crippen LogP contribution in [-0.2, 0) is 6.18 Å². The van der Waals surface area contributed by atoms with Crippen molar-refractivity contribution in [3.8, 4) is 6.07 Å². The molecule has 0 amide bonds. The van der Waals surface area contributed by atoms with Crippen LogP contribution in [-0.4, -0.2) is 15.8 Å². The normalized spacial score (nSPS) is 12.8. The lowest BCUT2D eigenvalue weighted by Gasteiger charge is -2.09. The maximum atomic E-state index is 12.8. The van der Waals surface area contributed by atoms with Gasteiger partial charge in [0, 0.05) is 17.1 Å². The third-order valence-corrected chi connectivity index (χ3v) is 4.59. The quantitative estimate of drug-likeness (QED) is 0.496. The second-order valence-corrected chi connectivity index (χ2v) is 6.33. The molecule has 1 unspecified atom stereocenters. The van der Waals surface area contributed by atoms with E-state index in [2.05, 4.69) is 9.97 Å². The molecule has 0 radical (unpaired) electrons. The van der Waals surface area contributed by atoms with Crippen molar-refractivity contribution in [1.29, 1.82) is 5.26 Å². The number of carbonyl (C=O) groups excluding carboxylic acids is 1. The lowest BCUT2D eigenvalue weighted by Crippen LogP contribution is -2.14. The van der Waals surface area contributed by atoms with Gasteiger partial charge in [0.1, 0.15) is 0 Å². The number of nitrogens with zero attached hydrogens (tertiary/aromatic N) is 2. The van der Waals surface area contributed by atoms with E-state index in [0.717, 1.165) is 33.8 Å². The molecule has 0 aliphatic carbocycles. The highest BCUT2D eigenvalue weighted by atomic mass is 19.4. The molecule has 4 nitrogen and oxygen atoms in total. The zero-order valence-electron chi connectivity index (χ0n) is 14.3. The van der Waals surface area contributed by atoms with Crippen molar-refractivity contribution in [3.63, 3.8) is 0 Å². The van der Waals surface area contributed by atoms with Crippen molar-refractivity contribution in [2.45, 2.75) is 12.1 Å². The van der Waals surface area contributed by atoms with Crippen molar-refractivity contribution >= 4 is 27.5 Å². The van der Waals surface area contributed by atoms with E-state index in [0.29, 0.717) is 6.20 Å². The van der Waals surface area contributed by atoms with E-state index < -0.39 is 23.4 Å². The third-order valence-electron chi connectivity index (χ3n) is 4.59. The number of rotatable bonds is 3. The van der Waals surface area contributed by atoms with Crippen molar-refractivity contribution in [1.82, 2.24) is 9.97 Å². The van der Waals surface area contributed by atoms with Crippen LogP contribution >= 0.6 is 0 Å². The highest BCUT2D eigenvalue weighted by Gasteiger charge is 2.32. The maximum absolute atomic E-state index is 12.8. The van der Waals surface area contributed by atoms with E-state index in [1.807, 2.05) is 42.5 Å². The average Bonchev–Trinajstić information content (AvgIpc) is 3.13. The van der Waals surface area contributed by atoms with Gasteiger partial charge in [0.15, 0.2) is 5.92 Å². The van der Waals surface area contributed by atoms with E-state index in [1.165, 1.54) is 0 Å². The molecule has 0 saturated carbocycles. The van der Waals surface area contributed by atoms with Gasteiger partial charge in [0.05, 0.1) is 23.0 Å². The molecule has 28 heavy (non-hydrogen) atoms. The molecule has 2 aromatic carbocycles. The fraction of sp³-hybridized carbons (Fsp3) is 0.0952. The number of nitrogens with one attached hydrogen (secondary N) is 1. The Morgan fingerprint density at radius 1 is 1.07 bits per heavy atom. The first kappa shape index (κ1) is 17.7. The Morgan fingerprint density at radius 2 is 1.86 bits per heavy atom. The minimum absolute atomic E-state index is 0.0241. The molecule has 0 spiro atoms. The monoisotopic (exact) mass is 379 g/mol. The maximum Gasteiger partial charge on any atom is 0.417 e. The Kier molecular flexibility index (Phi) is 4.12. The summed E-state index contributed by atoms with van der Waals surface area (Å²) >= 11 is 0. The topological polar surface area (TPSA) is 69.5 Å². The Morgan fingerprint density at radius 3 is 2.54 bits per heavy atom. The van der Waals surface area contributed by atoms with Gasteiger partial charge in [-0.25, -0.2) is 0 Å². The lowest BCUT2D eigenvalue weighted by atomic mass is 9.98. The minimum atomic E-state index is -4.53. The third kappa shape index (κ3) is 2.99. The summed E-state index contributed by atoms with van der Waals surface area (Å²) in [7, 11) is 0. The predicted octanol–water partition coefficient (Wildman–Crippen LogP) is 5.22. The van der Waals surface area contributed by atoms with E-state index in [1.54, 1.807) is 6.07 Å². The van der Waals surface area contributed by atoms with Gasteiger partial charge in [0.2, 0.25) is 5.78 Å². The summed E-state index contributed by atoms with van der Waals surface area (Å²) in [6.45, 7) is 0. The molecule has 0 bridgehead atoms. The zero-order chi connectivity index (χ0) is 19.9. The molecule has 0 aliphatic rings. The van der Waals surface area contributed by atoms with Crippen LogP contribution in [0.25, 0.3) is 21.7 Å². The molecule has 2 aromatic heterocycles. The number of nitriles is 1. The molecular weight excluding hydrogens is 367 g/mol. The number of benzene rings is 2. The van der Waals surface area contributed by atoms with Crippen molar-refractivity contribution < 1.29 is 18.0 Å². The Labute approximate surface area is 157 Å². The number of aromatic amines is 1. The van der Waals surface area contributed by atoms with Crippen LogP contribution in [0.5, 0.6) is 0 Å². The number of fused-ring (bicyclic) bond motifs is 3. The van der Waals surface area contributed by atoms with Gasteiger partial charge in [-0.1, -0.05) is 30.3 Å². The van der Waals surface area contributed by atoms with Crippen molar-refractivity contribution in [3.05, 3.63) is 77.7 Å². The molecule has 138 valence electrons. The van der Waals surface area contributed by atoms with Crippen LogP contribution in [0.15, 0.2) is 60.8 Å². The summed E-state index contributed by atoms with van der Waals surface area (Å²) < 4.78 is 38.1. The fourth-order valence-electron chi connectivity index (χ4n) is 3.18. The number of H-pyrrole nitrogens is 1. The Hall–Kier alpha value is -3.66. The molecule has 7 heteroatoms. The first-order valence-electron chi connectivity index (χ1n) is 8.36. The number of Topliss-reactive ketones (excluding diaryl/α,β-unsaturated/α-hetero) is 1. The number of ketones is 1. The number of hydrogen-bond acceptors (Lipinski definition) is 3. The molecule has 2 heterocycles. The zero-order valence-corrected chi connectivity index (χ0v) is 14.3. The minimum Gasteiger partial charge on any atom is -0.352 e. The van der Waals surface area contributed by atoms with Crippen LogP contribution in [0.3, 0.4) is 0 Å². The SMILES string of the molecule is N#CC(C(=O)c1cc2c(ccc3ccccc32)[nH]1)c1ccc(C(F)(F)F)cn1. The van der Waals surface area contributed by atoms with Gasteiger partial charge in [-0.2, -0.15) is 18.4 Å². The highest BCUT2D eigenvalue weighted by Crippen LogP contribution is 2.31. The van der Waals surface area contributed by atoms with Gasteiger partial charge in [-0.15, -0.1) is 0 Å². The van der Waals surface area contributed by atoms with Crippen LogP contribution in [0.2, 0.25) is 0 Å². The van der Waals surface area contributed by atoms with Gasteiger partial charge < -0.3 is 4.98 Å². The van der Waals surface area contributed by atoms with Crippen molar-refractivity contribution in [2.75, 3.05) is 0 Å². The number of aromatic nitrogens is 2. The first-order valence-corrected chi connectivity index (χ1v) is 8.36. The van der Waals surface area contributed by atoms with Gasteiger partial charge in [-0.05, 0) is 35.0 Å². The second kappa shape index (κ2) is 6.50. The fourth-order valence-corrected chi connectivity index (χ4v) is 3.18. The molecule has 4 rings (SSSR count). The number of alkyl halides is 3. The number of hydrogen-bond donors (Lipinski definition) is 1. The Balaban J connectivity index is 1.73. The van der Waals surface area contributed by atoms with E-state index in [-0.39, 0.29) is 11.4 Å². The number of carbonyl (C=O) groups is 1. The molecule has 0 saturated heterocycles. The van der Waals surface area contributed by atoms with Crippen molar-refractivity contribution in [2.24, 2.45) is 0 Å². The van der Waals surface area contributed by atoms with Crippen LogP contribution in [0.1, 0.15) is 27.7 Å². The standard InChI is InChI=1S/C21H12F3N3O/c22-21(23,24)13-6-8-17(26-11-13)16(10-25)20(28)19-9-15-14-4-2-1-3-12(14)5-7-18(15)27-19/h1-9,11,16,27H. The molecule has 1 atom stereocenters. The predicted molar refractivity (Wildman–Crippen MR) is 97.7 cm³/mol. The van der Waals surface area contributed by atoms with Gasteiger partial charge in [0.25, 0.3) is 0 Å². The Bertz CT molecular complexity index is 1230. The smallest absolute Gasteiger partial charge is 0.352 e. The van der Waals surface area contributed by atoms with Crippen LogP contribution < -0.4 is 0 Å². The van der Waals surface area contributed by atoms with Gasteiger partial charge in [-0.3, -0.25) is 9.78 Å². The average molecular weight is 379 g/mol. The van der Waals surface area contributed by atoms with E-state index in [4.69, 9.17) is 0 Å². The van der Waals surface area contributed by atoms with Gasteiger partial charge >= 0.3 is 6.18 Å². The summed E-state index contributed by atoms with van der Waals surface area (Å²) in [5, 5.41) is 12.2.